The largest absolute Gasteiger partial charge is 0.507 e. The van der Waals surface area contributed by atoms with Gasteiger partial charge in [0.15, 0.2) is 0 Å². The first-order chi connectivity index (χ1) is 19.2. The molecule has 0 aromatic heterocycles. The lowest BCUT2D eigenvalue weighted by molar-refractivity contribution is -0.139. The maximum Gasteiger partial charge on any atom is 0.416 e. The van der Waals surface area contributed by atoms with E-state index >= 15 is 0 Å². The predicted molar refractivity (Wildman–Crippen MR) is 138 cm³/mol. The van der Waals surface area contributed by atoms with Crippen LogP contribution in [0.15, 0.2) is 91.0 Å². The lowest BCUT2D eigenvalue weighted by Gasteiger charge is -2.16. The molecule has 41 heavy (non-hydrogen) atoms. The number of phenols is 1. The zero-order valence-corrected chi connectivity index (χ0v) is 20.9. The van der Waals surface area contributed by atoms with Crippen molar-refractivity contribution >= 4 is 11.9 Å². The van der Waals surface area contributed by atoms with Crippen LogP contribution in [0.4, 0.5) is 26.3 Å². The van der Waals surface area contributed by atoms with Crippen molar-refractivity contribution in [2.75, 3.05) is 0 Å². The van der Waals surface area contributed by atoms with Crippen LogP contribution in [-0.4, -0.2) is 28.1 Å². The number of hydrogen-bond acceptors (Lipinski definition) is 3. The summed E-state index contributed by atoms with van der Waals surface area (Å²) in [5, 5.41) is 22.2. The van der Waals surface area contributed by atoms with E-state index in [9.17, 15) is 46.1 Å². The molecule has 0 saturated carbocycles. The number of carboxylic acid groups (broad SMARTS) is 1. The number of nitrogens with one attached hydrogen (secondary N) is 1. The number of rotatable bonds is 7. The Balaban J connectivity index is 1.50. The Labute approximate surface area is 229 Å². The third-order valence-electron chi connectivity index (χ3n) is 6.31. The number of aliphatic carboxylic acids is 1. The molecule has 4 aromatic rings. The average molecular weight is 573 g/mol. The summed E-state index contributed by atoms with van der Waals surface area (Å²) in [6, 6.07) is 17.4. The Morgan fingerprint density at radius 3 is 1.78 bits per heavy atom. The first kappa shape index (κ1) is 29.2. The van der Waals surface area contributed by atoms with Crippen molar-refractivity contribution in [3.63, 3.8) is 0 Å². The fourth-order valence-electron chi connectivity index (χ4n) is 4.13. The Kier molecular flexibility index (Phi) is 8.09. The number of benzene rings is 4. The minimum atomic E-state index is -4.52. The summed E-state index contributed by atoms with van der Waals surface area (Å²) in [4.78, 5) is 24.8. The Morgan fingerprint density at radius 1 is 0.683 bits per heavy atom. The van der Waals surface area contributed by atoms with Gasteiger partial charge in [-0.3, -0.25) is 4.79 Å². The summed E-state index contributed by atoms with van der Waals surface area (Å²) < 4.78 is 77.7. The van der Waals surface area contributed by atoms with E-state index in [0.29, 0.717) is 27.8 Å². The molecule has 0 fully saturated rings. The lowest BCUT2D eigenvalue weighted by atomic mass is 9.98. The monoisotopic (exact) mass is 573 g/mol. The van der Waals surface area contributed by atoms with E-state index < -0.39 is 47.1 Å². The highest BCUT2D eigenvalue weighted by Gasteiger charge is 2.31. The highest BCUT2D eigenvalue weighted by Crippen LogP contribution is 2.33. The maximum atomic E-state index is 13.0. The van der Waals surface area contributed by atoms with E-state index in [1.807, 2.05) is 0 Å². The van der Waals surface area contributed by atoms with E-state index in [1.54, 1.807) is 0 Å². The van der Waals surface area contributed by atoms with Crippen molar-refractivity contribution in [3.8, 4) is 28.0 Å². The molecule has 0 radical (unpaired) electrons. The van der Waals surface area contributed by atoms with Gasteiger partial charge in [0, 0.05) is 6.42 Å². The van der Waals surface area contributed by atoms with Crippen molar-refractivity contribution in [1.82, 2.24) is 5.32 Å². The topological polar surface area (TPSA) is 86.6 Å². The SMILES string of the molecule is O=C(N[C@@H](Cc1ccc(-c2cccc(C(F)(F)F)c2)cc1)C(=O)O)c1cc(-c2ccc(C(F)(F)F)cc2)ccc1O. The Hall–Kier alpha value is -4.80. The van der Waals surface area contributed by atoms with Crippen molar-refractivity contribution in [2.45, 2.75) is 24.8 Å². The number of aromatic hydroxyl groups is 1. The Bertz CT molecular complexity index is 1560. The van der Waals surface area contributed by atoms with Gasteiger partial charge in [0.1, 0.15) is 11.8 Å². The normalized spacial score (nSPS) is 12.5. The number of carboxylic acids is 1. The first-order valence-electron chi connectivity index (χ1n) is 12.0. The number of alkyl halides is 6. The standard InChI is InChI=1S/C30H21F6NO4/c31-29(32,33)22-11-8-19(9-12-22)21-10-13-26(38)24(16-21)27(39)37-25(28(40)41)14-17-4-6-18(7-5-17)20-2-1-3-23(15-20)30(34,35)36/h1-13,15-16,25,38H,14H2,(H,37,39)(H,40,41)/t25-/m0/s1. The number of phenolic OH excluding ortho intramolecular Hbond substituents is 1. The number of halogens is 6. The predicted octanol–water partition coefficient (Wildman–Crippen LogP) is 7.19. The van der Waals surface area contributed by atoms with Gasteiger partial charge in [0.05, 0.1) is 16.7 Å². The quantitative estimate of drug-likeness (QED) is 0.204. The summed E-state index contributed by atoms with van der Waals surface area (Å²) in [6.45, 7) is 0. The Morgan fingerprint density at radius 2 is 1.22 bits per heavy atom. The van der Waals surface area contributed by atoms with Crippen molar-refractivity contribution in [1.29, 1.82) is 0 Å². The third kappa shape index (κ3) is 7.05. The van der Waals surface area contributed by atoms with Gasteiger partial charge in [0.25, 0.3) is 5.91 Å². The molecule has 3 N–H and O–H groups in total. The molecular weight excluding hydrogens is 552 g/mol. The molecule has 4 rings (SSSR count). The summed E-state index contributed by atoms with van der Waals surface area (Å²) in [5.41, 5.74) is -0.0340. The minimum absolute atomic E-state index is 0.177. The summed E-state index contributed by atoms with van der Waals surface area (Å²) >= 11 is 0. The first-order valence-corrected chi connectivity index (χ1v) is 12.0. The molecule has 0 aliphatic heterocycles. The molecular formula is C30H21F6NO4. The second kappa shape index (κ2) is 11.4. The van der Waals surface area contributed by atoms with E-state index in [2.05, 4.69) is 5.32 Å². The molecule has 1 amide bonds. The van der Waals surface area contributed by atoms with Crippen LogP contribution in [0, 0.1) is 0 Å². The molecule has 11 heteroatoms. The van der Waals surface area contributed by atoms with Crippen LogP contribution in [0.2, 0.25) is 0 Å². The van der Waals surface area contributed by atoms with Gasteiger partial charge in [-0.1, -0.05) is 54.6 Å². The molecule has 0 spiro atoms. The van der Waals surface area contributed by atoms with Crippen molar-refractivity contribution in [2.24, 2.45) is 0 Å². The summed E-state index contributed by atoms with van der Waals surface area (Å²) in [7, 11) is 0. The molecule has 0 saturated heterocycles. The molecule has 1 atom stereocenters. The summed E-state index contributed by atoms with van der Waals surface area (Å²) in [6.07, 6.45) is -9.21. The molecule has 0 bridgehead atoms. The molecule has 0 aliphatic carbocycles. The molecule has 0 unspecified atom stereocenters. The molecule has 0 heterocycles. The number of carbonyl (C=O) groups excluding carboxylic acids is 1. The number of amides is 1. The van der Waals surface area contributed by atoms with E-state index in [0.717, 1.165) is 24.3 Å². The van der Waals surface area contributed by atoms with Crippen molar-refractivity contribution < 1.29 is 46.1 Å². The van der Waals surface area contributed by atoms with E-state index in [4.69, 9.17) is 0 Å². The van der Waals surface area contributed by atoms with Crippen LogP contribution in [-0.2, 0) is 23.6 Å². The zero-order chi connectivity index (χ0) is 29.9. The molecule has 5 nitrogen and oxygen atoms in total. The van der Waals surface area contributed by atoms with Crippen LogP contribution in [0.5, 0.6) is 5.75 Å². The van der Waals surface area contributed by atoms with Gasteiger partial charge >= 0.3 is 18.3 Å². The fourth-order valence-corrected chi connectivity index (χ4v) is 4.13. The number of hydrogen-bond donors (Lipinski definition) is 3. The zero-order valence-electron chi connectivity index (χ0n) is 20.9. The third-order valence-corrected chi connectivity index (χ3v) is 6.31. The fraction of sp³-hybridized carbons (Fsp3) is 0.133. The smallest absolute Gasteiger partial charge is 0.416 e. The van der Waals surface area contributed by atoms with Gasteiger partial charge in [-0.05, 0) is 64.2 Å². The van der Waals surface area contributed by atoms with E-state index in [1.165, 1.54) is 66.7 Å². The second-order valence-corrected chi connectivity index (χ2v) is 9.15. The highest BCUT2D eigenvalue weighted by atomic mass is 19.4. The molecule has 4 aromatic carbocycles. The van der Waals surface area contributed by atoms with Gasteiger partial charge in [-0.15, -0.1) is 0 Å². The van der Waals surface area contributed by atoms with Gasteiger partial charge in [-0.2, -0.15) is 26.3 Å². The maximum absolute atomic E-state index is 13.0. The molecule has 212 valence electrons. The van der Waals surface area contributed by atoms with Crippen LogP contribution in [0.3, 0.4) is 0 Å². The summed E-state index contributed by atoms with van der Waals surface area (Å²) in [5.74, 6) is -2.77. The minimum Gasteiger partial charge on any atom is -0.507 e. The van der Waals surface area contributed by atoms with Gasteiger partial charge in [-0.25, -0.2) is 4.79 Å². The van der Waals surface area contributed by atoms with Gasteiger partial charge < -0.3 is 15.5 Å². The van der Waals surface area contributed by atoms with Crippen LogP contribution in [0.1, 0.15) is 27.0 Å². The molecule has 0 aliphatic rings. The highest BCUT2D eigenvalue weighted by molar-refractivity contribution is 6.00. The van der Waals surface area contributed by atoms with Crippen LogP contribution >= 0.6 is 0 Å². The van der Waals surface area contributed by atoms with Crippen molar-refractivity contribution in [3.05, 3.63) is 113 Å². The number of carbonyl (C=O) groups is 2. The average Bonchev–Trinajstić information content (AvgIpc) is 2.92. The van der Waals surface area contributed by atoms with Gasteiger partial charge in [0.2, 0.25) is 0 Å². The van der Waals surface area contributed by atoms with Crippen LogP contribution < -0.4 is 5.32 Å². The second-order valence-electron chi connectivity index (χ2n) is 9.15. The lowest BCUT2D eigenvalue weighted by Crippen LogP contribution is -2.42. The van der Waals surface area contributed by atoms with Crippen LogP contribution in [0.25, 0.3) is 22.3 Å². The van der Waals surface area contributed by atoms with E-state index in [-0.39, 0.29) is 12.0 Å².